The Morgan fingerprint density at radius 3 is 2.52 bits per heavy atom. The molecule has 1 saturated carbocycles. The number of likely N-dealkylation sites (tertiary alicyclic amines) is 1. The normalized spacial score (nSPS) is 22.3. The minimum atomic E-state index is -2.69. The van der Waals surface area contributed by atoms with Crippen molar-refractivity contribution in [1.29, 1.82) is 0 Å². The van der Waals surface area contributed by atoms with Gasteiger partial charge in [0.15, 0.2) is 0 Å². The van der Waals surface area contributed by atoms with Gasteiger partial charge in [0.1, 0.15) is 11.7 Å². The lowest BCUT2D eigenvalue weighted by Crippen LogP contribution is -2.48. The molecule has 8 heteroatoms. The van der Waals surface area contributed by atoms with Crippen LogP contribution < -0.4 is 10.1 Å². The second-order valence-corrected chi connectivity index (χ2v) is 8.22. The Kier molecular flexibility index (Phi) is 5.41. The lowest BCUT2D eigenvalue weighted by atomic mass is 10.1. The van der Waals surface area contributed by atoms with Crippen LogP contribution in [0.3, 0.4) is 0 Å². The fraction of sp³-hybridized carbons (Fsp3) is 0.435. The zero-order valence-corrected chi connectivity index (χ0v) is 17.5. The Hall–Kier alpha value is -3.03. The van der Waals surface area contributed by atoms with E-state index in [9.17, 15) is 18.4 Å². The number of nitrogens with zero attached hydrogens (tertiary/aromatic N) is 2. The van der Waals surface area contributed by atoms with Crippen LogP contribution in [0.5, 0.6) is 5.88 Å². The third-order valence-corrected chi connectivity index (χ3v) is 6.26. The summed E-state index contributed by atoms with van der Waals surface area (Å²) in [5, 5.41) is 2.70. The summed E-state index contributed by atoms with van der Waals surface area (Å²) in [6.45, 7) is 2.11. The molecule has 6 nitrogen and oxygen atoms in total. The number of carbonyl (C=O) groups excluding carboxylic acids is 2. The first kappa shape index (κ1) is 21.2. The largest absolute Gasteiger partial charge is 0.481 e. The van der Waals surface area contributed by atoms with E-state index in [0.717, 1.165) is 11.1 Å². The zero-order chi connectivity index (χ0) is 22.2. The number of methoxy groups -OCH3 is 1. The molecule has 1 aromatic heterocycles. The van der Waals surface area contributed by atoms with Crippen LogP contribution >= 0.6 is 0 Å². The van der Waals surface area contributed by atoms with Crippen molar-refractivity contribution in [1.82, 2.24) is 15.2 Å². The van der Waals surface area contributed by atoms with Crippen LogP contribution in [0.1, 0.15) is 36.7 Å². The molecule has 2 fully saturated rings. The number of carbonyl (C=O) groups is 2. The number of benzene rings is 1. The molecule has 1 spiro atoms. The van der Waals surface area contributed by atoms with E-state index in [2.05, 4.69) is 10.3 Å². The molecule has 31 heavy (non-hydrogen) atoms. The number of nitrogens with one attached hydrogen (secondary N) is 1. The van der Waals surface area contributed by atoms with Gasteiger partial charge >= 0.3 is 0 Å². The smallest absolute Gasteiger partial charge is 0.270 e. The number of ether oxygens (including phenoxy) is 1. The Morgan fingerprint density at radius 1 is 1.23 bits per heavy atom. The van der Waals surface area contributed by atoms with Gasteiger partial charge in [0.05, 0.1) is 12.5 Å². The second-order valence-electron chi connectivity index (χ2n) is 8.22. The fourth-order valence-corrected chi connectivity index (χ4v) is 4.24. The van der Waals surface area contributed by atoms with Crippen molar-refractivity contribution in [2.45, 2.75) is 38.2 Å². The first-order chi connectivity index (χ1) is 14.8. The molecule has 164 valence electrons. The predicted octanol–water partition coefficient (Wildman–Crippen LogP) is 3.52. The van der Waals surface area contributed by atoms with Gasteiger partial charge in [-0.3, -0.25) is 9.59 Å². The lowest BCUT2D eigenvalue weighted by molar-refractivity contribution is -0.132. The summed E-state index contributed by atoms with van der Waals surface area (Å²) in [5.74, 6) is -3.23. The van der Waals surface area contributed by atoms with Crippen molar-refractivity contribution in [2.24, 2.45) is 5.41 Å². The van der Waals surface area contributed by atoms with Crippen molar-refractivity contribution in [2.75, 3.05) is 20.2 Å². The average Bonchev–Trinajstić information content (AvgIpc) is 3.10. The molecular formula is C23H25F2N3O3. The molecule has 2 heterocycles. The zero-order valence-electron chi connectivity index (χ0n) is 17.5. The van der Waals surface area contributed by atoms with Gasteiger partial charge < -0.3 is 15.0 Å². The molecule has 1 aliphatic carbocycles. The van der Waals surface area contributed by atoms with Crippen molar-refractivity contribution in [3.8, 4) is 17.0 Å². The van der Waals surface area contributed by atoms with Gasteiger partial charge in [-0.05, 0) is 30.5 Å². The van der Waals surface area contributed by atoms with Crippen molar-refractivity contribution in [3.05, 3.63) is 48.2 Å². The van der Waals surface area contributed by atoms with E-state index in [1.165, 1.54) is 12.0 Å². The summed E-state index contributed by atoms with van der Waals surface area (Å²) >= 11 is 0. The second kappa shape index (κ2) is 7.90. The Labute approximate surface area is 179 Å². The number of rotatable bonds is 6. The molecule has 1 saturated heterocycles. The topological polar surface area (TPSA) is 71.5 Å². The SMILES string of the molecule is CCC(NC(=O)c1ccc(-c2ccccc2)c(OC)n1)C(=O)N1CCC2(C1)CC2(F)F. The van der Waals surface area contributed by atoms with E-state index in [0.29, 0.717) is 25.3 Å². The number of amides is 2. The molecule has 1 aromatic carbocycles. The van der Waals surface area contributed by atoms with Gasteiger partial charge in [0.25, 0.3) is 11.8 Å². The van der Waals surface area contributed by atoms with Crippen LogP contribution in [0.4, 0.5) is 8.78 Å². The van der Waals surface area contributed by atoms with E-state index >= 15 is 0 Å². The van der Waals surface area contributed by atoms with Gasteiger partial charge in [0, 0.05) is 25.1 Å². The van der Waals surface area contributed by atoms with E-state index in [1.54, 1.807) is 19.1 Å². The van der Waals surface area contributed by atoms with E-state index in [4.69, 9.17) is 4.74 Å². The molecule has 2 amide bonds. The summed E-state index contributed by atoms with van der Waals surface area (Å²) in [6.07, 6.45) is 0.490. The van der Waals surface area contributed by atoms with Crippen LogP contribution in [-0.4, -0.2) is 53.9 Å². The molecule has 2 unspecified atom stereocenters. The highest BCUT2D eigenvalue weighted by molar-refractivity contribution is 5.96. The molecule has 2 atom stereocenters. The van der Waals surface area contributed by atoms with Crippen LogP contribution in [0.25, 0.3) is 11.1 Å². The number of hydrogen-bond acceptors (Lipinski definition) is 4. The number of alkyl halides is 2. The van der Waals surface area contributed by atoms with Gasteiger partial charge in [-0.1, -0.05) is 37.3 Å². The number of halogens is 2. The van der Waals surface area contributed by atoms with Gasteiger partial charge in [-0.2, -0.15) is 0 Å². The predicted molar refractivity (Wildman–Crippen MR) is 111 cm³/mol. The Bertz CT molecular complexity index is 999. The van der Waals surface area contributed by atoms with Crippen LogP contribution in [-0.2, 0) is 4.79 Å². The fourth-order valence-electron chi connectivity index (χ4n) is 4.24. The van der Waals surface area contributed by atoms with Crippen LogP contribution in [0, 0.1) is 5.41 Å². The van der Waals surface area contributed by atoms with E-state index in [-0.39, 0.29) is 24.6 Å². The maximum absolute atomic E-state index is 13.6. The maximum atomic E-state index is 13.6. The van der Waals surface area contributed by atoms with Gasteiger partial charge in [-0.15, -0.1) is 0 Å². The molecule has 0 bridgehead atoms. The van der Waals surface area contributed by atoms with Gasteiger partial charge in [0.2, 0.25) is 11.8 Å². The minimum Gasteiger partial charge on any atom is -0.481 e. The number of hydrogen-bond donors (Lipinski definition) is 1. The average molecular weight is 429 g/mol. The highest BCUT2D eigenvalue weighted by Crippen LogP contribution is 2.65. The van der Waals surface area contributed by atoms with E-state index < -0.39 is 23.3 Å². The standard InChI is InChI=1S/C23H25F2N3O3/c1-3-17(21(30)28-12-11-22(14-28)13-23(22,24)25)26-19(29)18-10-9-16(20(27-18)31-2)15-7-5-4-6-8-15/h4-10,17H,3,11-14H2,1-2H3,(H,26,29). The maximum Gasteiger partial charge on any atom is 0.270 e. The van der Waals surface area contributed by atoms with Crippen molar-refractivity contribution >= 4 is 11.8 Å². The third-order valence-electron chi connectivity index (χ3n) is 6.26. The molecular weight excluding hydrogens is 404 g/mol. The highest BCUT2D eigenvalue weighted by Gasteiger charge is 2.73. The van der Waals surface area contributed by atoms with E-state index in [1.807, 2.05) is 30.3 Å². The summed E-state index contributed by atoms with van der Waals surface area (Å²) < 4.78 is 32.6. The summed E-state index contributed by atoms with van der Waals surface area (Å²) in [4.78, 5) is 31.4. The summed E-state index contributed by atoms with van der Waals surface area (Å²) in [5.41, 5.74) is 0.706. The number of aromatic nitrogens is 1. The van der Waals surface area contributed by atoms with Gasteiger partial charge in [-0.25, -0.2) is 13.8 Å². The molecule has 0 radical (unpaired) electrons. The molecule has 1 aliphatic heterocycles. The Balaban J connectivity index is 1.46. The first-order valence-electron chi connectivity index (χ1n) is 10.4. The third kappa shape index (κ3) is 3.86. The number of pyridine rings is 1. The molecule has 4 rings (SSSR count). The lowest BCUT2D eigenvalue weighted by Gasteiger charge is -2.23. The summed E-state index contributed by atoms with van der Waals surface area (Å²) in [7, 11) is 1.48. The molecule has 1 N–H and O–H groups in total. The monoisotopic (exact) mass is 429 g/mol. The first-order valence-corrected chi connectivity index (χ1v) is 10.4. The van der Waals surface area contributed by atoms with Crippen molar-refractivity contribution in [3.63, 3.8) is 0 Å². The molecule has 2 aromatic rings. The van der Waals surface area contributed by atoms with Crippen LogP contribution in [0.15, 0.2) is 42.5 Å². The highest BCUT2D eigenvalue weighted by atomic mass is 19.3. The quantitative estimate of drug-likeness (QED) is 0.763. The minimum absolute atomic E-state index is 0.0447. The van der Waals surface area contributed by atoms with Crippen LogP contribution in [0.2, 0.25) is 0 Å². The summed E-state index contributed by atoms with van der Waals surface area (Å²) in [6, 6.07) is 12.1. The Morgan fingerprint density at radius 2 is 1.94 bits per heavy atom. The van der Waals surface area contributed by atoms with Crippen molar-refractivity contribution < 1.29 is 23.1 Å². The molecule has 2 aliphatic rings.